The molecule has 0 fully saturated rings. The number of nitrogens with two attached hydrogens (primary N) is 1. The number of amides is 1. The van der Waals surface area contributed by atoms with Crippen molar-refractivity contribution in [3.8, 4) is 0 Å². The van der Waals surface area contributed by atoms with E-state index >= 15 is 0 Å². The molecule has 0 radical (unpaired) electrons. The predicted molar refractivity (Wildman–Crippen MR) is 75.6 cm³/mol. The number of rotatable bonds is 8. The van der Waals surface area contributed by atoms with Crippen LogP contribution >= 0.6 is 0 Å². The number of nitrogens with one attached hydrogen (secondary N) is 1. The monoisotopic (exact) mass is 267 g/mol. The normalized spacial score (nSPS) is 10.3. The summed E-state index contributed by atoms with van der Waals surface area (Å²) in [6, 6.07) is 6.41. The maximum absolute atomic E-state index is 12.9. The van der Waals surface area contributed by atoms with Gasteiger partial charge in [0.1, 0.15) is 5.82 Å². The van der Waals surface area contributed by atoms with Crippen LogP contribution in [-0.4, -0.2) is 32.6 Å². The highest BCUT2D eigenvalue weighted by Gasteiger charge is 2.07. The van der Waals surface area contributed by atoms with E-state index in [4.69, 9.17) is 5.73 Å². The van der Waals surface area contributed by atoms with Gasteiger partial charge >= 0.3 is 0 Å². The molecule has 0 saturated heterocycles. The lowest BCUT2D eigenvalue weighted by Crippen LogP contribution is -2.28. The van der Waals surface area contributed by atoms with Crippen LogP contribution in [0.4, 0.5) is 10.1 Å². The van der Waals surface area contributed by atoms with E-state index in [1.165, 1.54) is 12.1 Å². The third kappa shape index (κ3) is 5.70. The average Bonchev–Trinajstić information content (AvgIpc) is 2.43. The quantitative estimate of drug-likeness (QED) is 0.750. The summed E-state index contributed by atoms with van der Waals surface area (Å²) in [7, 11) is 1.63. The summed E-state index contributed by atoms with van der Waals surface area (Å²) in [4.78, 5) is 13.3. The minimum atomic E-state index is -0.243. The van der Waals surface area contributed by atoms with Crippen LogP contribution in [0.2, 0.25) is 0 Å². The molecule has 0 aliphatic heterocycles. The Morgan fingerprint density at radius 2 is 1.89 bits per heavy atom. The van der Waals surface area contributed by atoms with Gasteiger partial charge in [-0.25, -0.2) is 4.39 Å². The molecule has 1 aromatic rings. The summed E-state index contributed by atoms with van der Waals surface area (Å²) >= 11 is 0. The number of halogens is 1. The molecular formula is C14H22FN3O. The van der Waals surface area contributed by atoms with Crippen molar-refractivity contribution in [3.63, 3.8) is 0 Å². The van der Waals surface area contributed by atoms with Crippen LogP contribution in [0, 0.1) is 5.82 Å². The van der Waals surface area contributed by atoms with Crippen LogP contribution in [0.15, 0.2) is 24.3 Å². The van der Waals surface area contributed by atoms with Gasteiger partial charge in [-0.05, 0) is 43.7 Å². The molecule has 0 bridgehead atoms. The summed E-state index contributed by atoms with van der Waals surface area (Å²) in [6.07, 6.45) is 2.13. The van der Waals surface area contributed by atoms with E-state index in [0.29, 0.717) is 13.0 Å². The van der Waals surface area contributed by atoms with Crippen molar-refractivity contribution in [1.29, 1.82) is 0 Å². The van der Waals surface area contributed by atoms with Crippen molar-refractivity contribution >= 4 is 11.6 Å². The Morgan fingerprint density at radius 3 is 2.47 bits per heavy atom. The van der Waals surface area contributed by atoms with Gasteiger partial charge in [0.05, 0.1) is 0 Å². The van der Waals surface area contributed by atoms with Crippen molar-refractivity contribution in [2.75, 3.05) is 31.6 Å². The Kier molecular flexibility index (Phi) is 6.89. The smallest absolute Gasteiger partial charge is 0.219 e. The molecular weight excluding hydrogens is 245 g/mol. The van der Waals surface area contributed by atoms with Gasteiger partial charge in [-0.15, -0.1) is 0 Å². The Morgan fingerprint density at radius 1 is 1.26 bits per heavy atom. The van der Waals surface area contributed by atoms with Gasteiger partial charge in [-0.1, -0.05) is 0 Å². The van der Waals surface area contributed by atoms with Crippen molar-refractivity contribution in [2.24, 2.45) is 5.73 Å². The SMILES string of the molecule is CNC(=O)CCCN(CCCN)c1ccc(F)cc1. The minimum Gasteiger partial charge on any atom is -0.371 e. The minimum absolute atomic E-state index is 0.0397. The molecule has 1 rings (SSSR count). The fourth-order valence-corrected chi connectivity index (χ4v) is 1.86. The standard InChI is InChI=1S/C14H22FN3O/c1-17-14(19)4-2-10-18(11-3-9-16)13-7-5-12(15)6-8-13/h5-8H,2-4,9-11,16H2,1H3,(H,17,19). The maximum Gasteiger partial charge on any atom is 0.219 e. The average molecular weight is 267 g/mol. The topological polar surface area (TPSA) is 58.4 Å². The summed E-state index contributed by atoms with van der Waals surface area (Å²) in [5.74, 6) is -0.203. The van der Waals surface area contributed by atoms with Crippen LogP contribution in [0.5, 0.6) is 0 Å². The van der Waals surface area contributed by atoms with E-state index in [9.17, 15) is 9.18 Å². The molecule has 1 aromatic carbocycles. The van der Waals surface area contributed by atoms with Crippen molar-refractivity contribution in [3.05, 3.63) is 30.1 Å². The van der Waals surface area contributed by atoms with E-state index < -0.39 is 0 Å². The van der Waals surface area contributed by atoms with Gasteiger partial charge in [0.25, 0.3) is 0 Å². The van der Waals surface area contributed by atoms with Gasteiger partial charge < -0.3 is 16.0 Å². The Hall–Kier alpha value is -1.62. The van der Waals surface area contributed by atoms with Crippen LogP contribution in [0.1, 0.15) is 19.3 Å². The molecule has 19 heavy (non-hydrogen) atoms. The lowest BCUT2D eigenvalue weighted by atomic mass is 10.2. The number of benzene rings is 1. The molecule has 0 aliphatic rings. The van der Waals surface area contributed by atoms with Crippen molar-refractivity contribution in [1.82, 2.24) is 5.32 Å². The predicted octanol–water partition coefficient (Wildman–Crippen LogP) is 1.51. The number of hydrogen-bond acceptors (Lipinski definition) is 3. The van der Waals surface area contributed by atoms with Crippen molar-refractivity contribution < 1.29 is 9.18 Å². The maximum atomic E-state index is 12.9. The molecule has 3 N–H and O–H groups in total. The first-order chi connectivity index (χ1) is 9.17. The number of nitrogens with zero attached hydrogens (tertiary/aromatic N) is 1. The van der Waals surface area contributed by atoms with E-state index in [1.807, 2.05) is 0 Å². The summed E-state index contributed by atoms with van der Waals surface area (Å²) in [5.41, 5.74) is 6.49. The highest BCUT2D eigenvalue weighted by molar-refractivity contribution is 5.75. The van der Waals surface area contributed by atoms with E-state index in [1.54, 1.807) is 19.2 Å². The first kappa shape index (κ1) is 15.4. The summed E-state index contributed by atoms with van der Waals surface area (Å²) < 4.78 is 12.9. The van der Waals surface area contributed by atoms with Gasteiger partial charge in [0.2, 0.25) is 5.91 Å². The molecule has 0 aromatic heterocycles. The molecule has 4 nitrogen and oxygen atoms in total. The van der Waals surface area contributed by atoms with Gasteiger partial charge in [-0.3, -0.25) is 4.79 Å². The molecule has 106 valence electrons. The number of carbonyl (C=O) groups is 1. The second-order valence-electron chi connectivity index (χ2n) is 4.38. The zero-order valence-electron chi connectivity index (χ0n) is 11.4. The molecule has 0 unspecified atom stereocenters. The molecule has 0 aliphatic carbocycles. The van der Waals surface area contributed by atoms with Crippen LogP contribution in [-0.2, 0) is 4.79 Å². The molecule has 0 atom stereocenters. The van der Waals surface area contributed by atoms with Crippen LogP contribution in [0.25, 0.3) is 0 Å². The zero-order valence-corrected chi connectivity index (χ0v) is 11.4. The molecule has 5 heteroatoms. The van der Waals surface area contributed by atoms with Crippen LogP contribution in [0.3, 0.4) is 0 Å². The fourth-order valence-electron chi connectivity index (χ4n) is 1.86. The van der Waals surface area contributed by atoms with E-state index in [2.05, 4.69) is 10.2 Å². The Labute approximate surface area is 113 Å². The lowest BCUT2D eigenvalue weighted by Gasteiger charge is -2.24. The van der Waals surface area contributed by atoms with E-state index in [-0.39, 0.29) is 11.7 Å². The van der Waals surface area contributed by atoms with Gasteiger partial charge in [-0.2, -0.15) is 0 Å². The summed E-state index contributed by atoms with van der Waals surface area (Å²) in [5, 5.41) is 2.60. The number of anilines is 1. The Bertz CT molecular complexity index is 381. The van der Waals surface area contributed by atoms with Gasteiger partial charge in [0, 0.05) is 32.2 Å². The highest BCUT2D eigenvalue weighted by Crippen LogP contribution is 2.15. The van der Waals surface area contributed by atoms with E-state index in [0.717, 1.165) is 31.6 Å². The van der Waals surface area contributed by atoms with Crippen molar-refractivity contribution in [2.45, 2.75) is 19.3 Å². The second-order valence-corrected chi connectivity index (χ2v) is 4.38. The highest BCUT2D eigenvalue weighted by atomic mass is 19.1. The fraction of sp³-hybridized carbons (Fsp3) is 0.500. The second kappa shape index (κ2) is 8.48. The van der Waals surface area contributed by atoms with Crippen LogP contribution < -0.4 is 16.0 Å². The third-order valence-corrected chi connectivity index (χ3v) is 2.93. The molecule has 0 spiro atoms. The first-order valence-electron chi connectivity index (χ1n) is 6.58. The lowest BCUT2D eigenvalue weighted by molar-refractivity contribution is -0.120. The first-order valence-corrected chi connectivity index (χ1v) is 6.58. The summed E-state index contributed by atoms with van der Waals surface area (Å²) in [6.45, 7) is 2.20. The molecule has 0 heterocycles. The number of carbonyl (C=O) groups excluding carboxylic acids is 1. The zero-order chi connectivity index (χ0) is 14.1. The molecule has 0 saturated carbocycles. The Balaban J connectivity index is 2.55. The largest absolute Gasteiger partial charge is 0.371 e. The van der Waals surface area contributed by atoms with Gasteiger partial charge in [0.15, 0.2) is 0 Å². The number of hydrogen-bond donors (Lipinski definition) is 2. The molecule has 1 amide bonds. The third-order valence-electron chi connectivity index (χ3n) is 2.93.